The van der Waals surface area contributed by atoms with Gasteiger partial charge < -0.3 is 28.6 Å². The van der Waals surface area contributed by atoms with Gasteiger partial charge in [0.25, 0.3) is 0 Å². The third kappa shape index (κ3) is 4.67. The fourth-order valence-electron chi connectivity index (χ4n) is 3.00. The third-order valence-corrected chi connectivity index (χ3v) is 4.49. The molecule has 0 bridgehead atoms. The molecule has 1 heterocycles. The van der Waals surface area contributed by atoms with Gasteiger partial charge in [-0.1, -0.05) is 12.1 Å². The summed E-state index contributed by atoms with van der Waals surface area (Å²) < 4.78 is 25.8. The molecule has 31 heavy (non-hydrogen) atoms. The van der Waals surface area contributed by atoms with E-state index in [2.05, 4.69) is 4.74 Å². The fourth-order valence-corrected chi connectivity index (χ4v) is 3.00. The Kier molecular flexibility index (Phi) is 6.88. The summed E-state index contributed by atoms with van der Waals surface area (Å²) >= 11 is 0. The summed E-state index contributed by atoms with van der Waals surface area (Å²) in [4.78, 5) is 37.8. The molecule has 0 aliphatic carbocycles. The molecule has 2 aromatic rings. The zero-order chi connectivity index (χ0) is 22.4. The molecular formula is C22H21NO8. The predicted octanol–water partition coefficient (Wildman–Crippen LogP) is 2.66. The normalized spacial score (nSPS) is 13.5. The van der Waals surface area contributed by atoms with Crippen molar-refractivity contribution in [2.45, 2.75) is 0 Å². The van der Waals surface area contributed by atoms with Crippen LogP contribution in [-0.4, -0.2) is 52.6 Å². The minimum absolute atomic E-state index is 0.00736. The predicted molar refractivity (Wildman–Crippen MR) is 109 cm³/mol. The molecule has 162 valence electrons. The number of rotatable bonds is 6. The van der Waals surface area contributed by atoms with E-state index >= 15 is 0 Å². The first-order chi connectivity index (χ1) is 15.0. The van der Waals surface area contributed by atoms with E-state index in [1.54, 1.807) is 48.5 Å². The summed E-state index contributed by atoms with van der Waals surface area (Å²) in [6, 6.07) is 13.3. The smallest absolute Gasteiger partial charge is 0.355 e. The number of nitrogens with zero attached hydrogens (tertiary/aromatic N) is 1. The highest BCUT2D eigenvalue weighted by atomic mass is 16.5. The molecule has 0 radical (unpaired) electrons. The average Bonchev–Trinajstić information content (AvgIpc) is 2.82. The summed E-state index contributed by atoms with van der Waals surface area (Å²) in [5, 5.41) is 0. The van der Waals surface area contributed by atoms with E-state index in [1.165, 1.54) is 26.2 Å². The van der Waals surface area contributed by atoms with E-state index in [9.17, 15) is 14.4 Å². The lowest BCUT2D eigenvalue weighted by Crippen LogP contribution is -2.38. The van der Waals surface area contributed by atoms with Gasteiger partial charge in [0.2, 0.25) is 0 Å². The minimum atomic E-state index is -0.707. The van der Waals surface area contributed by atoms with Gasteiger partial charge in [-0.05, 0) is 36.4 Å². The zero-order valence-corrected chi connectivity index (χ0v) is 17.2. The van der Waals surface area contributed by atoms with Gasteiger partial charge in [-0.25, -0.2) is 14.4 Å². The highest BCUT2D eigenvalue weighted by Gasteiger charge is 2.33. The largest absolute Gasteiger partial charge is 0.466 e. The molecule has 0 aromatic heterocycles. The number of hydrogen-bond donors (Lipinski definition) is 0. The Bertz CT molecular complexity index is 1010. The van der Waals surface area contributed by atoms with Gasteiger partial charge in [-0.3, -0.25) is 0 Å². The van der Waals surface area contributed by atoms with Gasteiger partial charge in [0.05, 0.1) is 44.8 Å². The highest BCUT2D eigenvalue weighted by Crippen LogP contribution is 2.36. The van der Waals surface area contributed by atoms with Crippen LogP contribution in [0.1, 0.15) is 10.4 Å². The second kappa shape index (κ2) is 9.77. The summed E-state index contributed by atoms with van der Waals surface area (Å²) in [7, 11) is 3.75. The van der Waals surface area contributed by atoms with Crippen molar-refractivity contribution in [2.24, 2.45) is 0 Å². The number of para-hydroxylation sites is 2. The number of benzene rings is 2. The van der Waals surface area contributed by atoms with E-state index in [0.29, 0.717) is 22.7 Å². The van der Waals surface area contributed by atoms with Crippen LogP contribution in [0, 0.1) is 0 Å². The Balaban J connectivity index is 1.99. The number of methoxy groups -OCH3 is 3. The topological polar surface area (TPSA) is 101 Å². The molecule has 0 unspecified atom stereocenters. The van der Waals surface area contributed by atoms with Gasteiger partial charge in [-0.2, -0.15) is 0 Å². The van der Waals surface area contributed by atoms with Crippen molar-refractivity contribution in [3.8, 4) is 11.5 Å². The van der Waals surface area contributed by atoms with Crippen molar-refractivity contribution in [1.29, 1.82) is 0 Å². The molecule has 0 saturated heterocycles. The van der Waals surface area contributed by atoms with Crippen molar-refractivity contribution >= 4 is 23.6 Å². The van der Waals surface area contributed by atoms with Crippen molar-refractivity contribution < 1.29 is 38.1 Å². The monoisotopic (exact) mass is 427 g/mol. The van der Waals surface area contributed by atoms with Crippen LogP contribution in [-0.2, 0) is 28.5 Å². The van der Waals surface area contributed by atoms with Crippen molar-refractivity contribution in [1.82, 2.24) is 0 Å². The average molecular weight is 427 g/mol. The number of hydrogen-bond acceptors (Lipinski definition) is 9. The number of anilines is 1. The summed E-state index contributed by atoms with van der Waals surface area (Å²) in [6.45, 7) is -0.0990. The molecule has 9 heteroatoms. The molecule has 1 aliphatic heterocycles. The van der Waals surface area contributed by atoms with Crippen LogP contribution in [0.2, 0.25) is 0 Å². The molecule has 2 aromatic carbocycles. The zero-order valence-electron chi connectivity index (χ0n) is 17.2. The van der Waals surface area contributed by atoms with Gasteiger partial charge in [-0.15, -0.1) is 0 Å². The Hall–Kier alpha value is -3.85. The molecule has 3 rings (SSSR count). The van der Waals surface area contributed by atoms with E-state index in [-0.39, 0.29) is 24.6 Å². The van der Waals surface area contributed by atoms with Crippen LogP contribution >= 0.6 is 0 Å². The number of ether oxygens (including phenoxy) is 5. The van der Waals surface area contributed by atoms with Crippen LogP contribution in [0.3, 0.4) is 0 Å². The van der Waals surface area contributed by atoms with Crippen molar-refractivity contribution in [3.63, 3.8) is 0 Å². The molecule has 0 amide bonds. The first kappa shape index (κ1) is 21.8. The van der Waals surface area contributed by atoms with Gasteiger partial charge in [0, 0.05) is 0 Å². The van der Waals surface area contributed by atoms with Gasteiger partial charge >= 0.3 is 17.9 Å². The van der Waals surface area contributed by atoms with Crippen LogP contribution in [0.4, 0.5) is 5.69 Å². The molecule has 0 atom stereocenters. The maximum absolute atomic E-state index is 12.5. The van der Waals surface area contributed by atoms with E-state index < -0.39 is 17.9 Å². The maximum Gasteiger partial charge on any atom is 0.355 e. The molecule has 0 fully saturated rings. The highest BCUT2D eigenvalue weighted by molar-refractivity contribution is 6.03. The van der Waals surface area contributed by atoms with Crippen molar-refractivity contribution in [3.05, 3.63) is 65.4 Å². The summed E-state index contributed by atoms with van der Waals surface area (Å²) in [5.74, 6) is -1.01. The molecule has 9 nitrogen and oxygen atoms in total. The minimum Gasteiger partial charge on any atom is -0.466 e. The van der Waals surface area contributed by atoms with E-state index in [4.69, 9.17) is 18.9 Å². The lowest BCUT2D eigenvalue weighted by atomic mass is 10.1. The van der Waals surface area contributed by atoms with Crippen LogP contribution in [0.5, 0.6) is 11.5 Å². The molecular weight excluding hydrogens is 406 g/mol. The molecule has 1 aliphatic rings. The Labute approximate surface area is 178 Å². The second-order valence-corrected chi connectivity index (χ2v) is 6.30. The number of carbonyl (C=O) groups excluding carboxylic acids is 3. The molecule has 0 N–H and O–H groups in total. The quantitative estimate of drug-likeness (QED) is 0.509. The van der Waals surface area contributed by atoms with Crippen LogP contribution < -0.4 is 9.64 Å². The van der Waals surface area contributed by atoms with E-state index in [1.807, 2.05) is 0 Å². The second-order valence-electron chi connectivity index (χ2n) is 6.30. The first-order valence-corrected chi connectivity index (χ1v) is 9.20. The number of esters is 3. The lowest BCUT2D eigenvalue weighted by Gasteiger charge is -2.32. The van der Waals surface area contributed by atoms with E-state index in [0.717, 1.165) is 0 Å². The Morgan fingerprint density at radius 1 is 0.839 bits per heavy atom. The van der Waals surface area contributed by atoms with Crippen LogP contribution in [0.15, 0.2) is 59.8 Å². The Morgan fingerprint density at radius 3 is 2.13 bits per heavy atom. The fraction of sp³-hybridized carbons (Fsp3) is 0.227. The van der Waals surface area contributed by atoms with Crippen LogP contribution in [0.25, 0.3) is 0 Å². The maximum atomic E-state index is 12.5. The summed E-state index contributed by atoms with van der Waals surface area (Å²) in [5.41, 5.74) is 0.905. The molecule has 0 spiro atoms. The van der Waals surface area contributed by atoms with Gasteiger partial charge in [0.1, 0.15) is 18.2 Å². The van der Waals surface area contributed by atoms with Crippen molar-refractivity contribution in [2.75, 3.05) is 39.6 Å². The standard InChI is InChI=1S/C22H21NO8/c1-27-20(24)14-8-10-15(11-9-14)31-18-7-5-4-6-17(18)23-13-30-12-16(21(25)28-2)19(23)22(26)29-3/h4-11H,12-13H2,1-3H3. The Morgan fingerprint density at radius 2 is 1.48 bits per heavy atom. The number of carbonyl (C=O) groups is 3. The lowest BCUT2D eigenvalue weighted by molar-refractivity contribution is -0.140. The van der Waals surface area contributed by atoms with Gasteiger partial charge in [0.15, 0.2) is 5.75 Å². The summed E-state index contributed by atoms with van der Waals surface area (Å²) in [6.07, 6.45) is 0. The third-order valence-electron chi connectivity index (χ3n) is 4.49. The SMILES string of the molecule is COC(=O)C1=C(C(=O)OC)N(c2ccccc2Oc2ccc(C(=O)OC)cc2)COC1. The molecule has 0 saturated carbocycles. The first-order valence-electron chi connectivity index (χ1n) is 9.20.